The number of hydrogen-bond acceptors (Lipinski definition) is 4. The number of quaternary nitrogens is 1. The lowest BCUT2D eigenvalue weighted by Crippen LogP contribution is -2.66. The highest BCUT2D eigenvalue weighted by molar-refractivity contribution is 6.36. The molecule has 0 saturated carbocycles. The Hall–Kier alpha value is -2.90. The van der Waals surface area contributed by atoms with Crippen molar-refractivity contribution in [3.8, 4) is 0 Å². The van der Waals surface area contributed by atoms with Crippen molar-refractivity contribution in [2.75, 3.05) is 6.54 Å². The number of imide groups is 1. The summed E-state index contributed by atoms with van der Waals surface area (Å²) in [7, 11) is 0. The lowest BCUT2D eigenvalue weighted by Gasteiger charge is -2.50. The second-order valence-electron chi connectivity index (χ2n) is 10.9. The van der Waals surface area contributed by atoms with E-state index in [-0.39, 0.29) is 33.1 Å². The predicted molar refractivity (Wildman–Crippen MR) is 146 cm³/mol. The van der Waals surface area contributed by atoms with Gasteiger partial charge in [-0.3, -0.25) is 9.28 Å². The van der Waals surface area contributed by atoms with E-state index in [2.05, 4.69) is 0 Å². The highest BCUT2D eigenvalue weighted by Crippen LogP contribution is 2.52. The zero-order valence-electron chi connectivity index (χ0n) is 21.7. The van der Waals surface area contributed by atoms with E-state index in [9.17, 15) is 19.8 Å². The van der Waals surface area contributed by atoms with Gasteiger partial charge < -0.3 is 15.0 Å². The van der Waals surface area contributed by atoms with E-state index in [0.29, 0.717) is 6.42 Å². The molecule has 6 nitrogen and oxygen atoms in total. The molecule has 1 aliphatic rings. The molecule has 1 heterocycles. The van der Waals surface area contributed by atoms with Gasteiger partial charge in [-0.05, 0) is 23.3 Å². The third kappa shape index (κ3) is 5.19. The van der Waals surface area contributed by atoms with Gasteiger partial charge >= 0.3 is 0 Å². The summed E-state index contributed by atoms with van der Waals surface area (Å²) in [4.78, 5) is 27.5. The Labute approximate surface area is 233 Å². The van der Waals surface area contributed by atoms with Crippen molar-refractivity contribution in [3.63, 3.8) is 0 Å². The molecule has 3 aromatic rings. The van der Waals surface area contributed by atoms with Crippen molar-refractivity contribution >= 4 is 35.2 Å². The summed E-state index contributed by atoms with van der Waals surface area (Å²) < 4.78 is -0.288. The first-order valence-electron chi connectivity index (χ1n) is 12.6. The van der Waals surface area contributed by atoms with Gasteiger partial charge in [0.15, 0.2) is 12.3 Å². The van der Waals surface area contributed by atoms with Gasteiger partial charge in [0, 0.05) is 11.8 Å². The van der Waals surface area contributed by atoms with Gasteiger partial charge in [0.05, 0.1) is 28.6 Å². The molecule has 2 amide bonds. The molecule has 1 unspecified atom stereocenters. The Morgan fingerprint density at radius 2 is 1.47 bits per heavy atom. The second kappa shape index (κ2) is 11.1. The highest BCUT2D eigenvalue weighted by atomic mass is 35.5. The molecule has 38 heavy (non-hydrogen) atoms. The Balaban J connectivity index is 2.01. The van der Waals surface area contributed by atoms with Crippen molar-refractivity contribution in [1.29, 1.82) is 0 Å². The molecular weight excluding hydrogens is 523 g/mol. The maximum Gasteiger partial charge on any atom is 0.291 e. The monoisotopic (exact) mass is 554 g/mol. The SMILES string of the molecule is CC(C)(C)[C@H]1C(=O)N(C(=O)[O-])[C@@H](c2c(Cl)cccc2Cl)[N+]1(CCc1ccccc1)[C@H](O)Cc1ccccc1. The van der Waals surface area contributed by atoms with E-state index in [1.165, 1.54) is 0 Å². The quantitative estimate of drug-likeness (QED) is 0.406. The molecule has 1 N–H and O–H groups in total. The number of amides is 2. The van der Waals surface area contributed by atoms with Crippen molar-refractivity contribution in [2.45, 2.75) is 52.0 Å². The summed E-state index contributed by atoms with van der Waals surface area (Å²) in [5.41, 5.74) is 1.39. The fraction of sp³-hybridized carbons (Fsp3) is 0.333. The number of aliphatic hydroxyl groups excluding tert-OH is 1. The molecule has 0 radical (unpaired) electrons. The Kier molecular flexibility index (Phi) is 8.19. The molecule has 1 aliphatic heterocycles. The summed E-state index contributed by atoms with van der Waals surface area (Å²) in [5, 5.41) is 25.3. The van der Waals surface area contributed by atoms with Gasteiger partial charge in [-0.2, -0.15) is 0 Å². The van der Waals surface area contributed by atoms with Crippen LogP contribution in [0.1, 0.15) is 43.6 Å². The summed E-state index contributed by atoms with van der Waals surface area (Å²) in [6.07, 6.45) is -3.37. The van der Waals surface area contributed by atoms with E-state index in [4.69, 9.17) is 23.2 Å². The van der Waals surface area contributed by atoms with Crippen LogP contribution in [-0.4, -0.2) is 45.3 Å². The third-order valence-electron chi connectivity index (χ3n) is 7.37. The van der Waals surface area contributed by atoms with Crippen molar-refractivity contribution in [1.82, 2.24) is 4.90 Å². The predicted octanol–water partition coefficient (Wildman–Crippen LogP) is 5.21. The van der Waals surface area contributed by atoms with Crippen LogP contribution in [0.3, 0.4) is 0 Å². The van der Waals surface area contributed by atoms with Gasteiger partial charge in [-0.15, -0.1) is 0 Å². The first-order valence-corrected chi connectivity index (χ1v) is 13.3. The minimum atomic E-state index is -1.66. The van der Waals surface area contributed by atoms with Gasteiger partial charge in [0.2, 0.25) is 6.17 Å². The number of nitrogens with zero attached hydrogens (tertiary/aromatic N) is 2. The first kappa shape index (κ1) is 28.1. The normalized spacial score (nSPS) is 22.5. The summed E-state index contributed by atoms with van der Waals surface area (Å²) in [6.45, 7) is 5.89. The second-order valence-corrected chi connectivity index (χ2v) is 11.7. The number of hydrogen-bond donors (Lipinski definition) is 1. The number of benzene rings is 3. The van der Waals surface area contributed by atoms with E-state index in [1.807, 2.05) is 81.4 Å². The van der Waals surface area contributed by atoms with E-state index in [0.717, 1.165) is 16.0 Å². The molecule has 1 saturated heterocycles. The third-order valence-corrected chi connectivity index (χ3v) is 8.03. The number of carbonyl (C=O) groups is 2. The Bertz CT molecular complexity index is 1280. The average molecular weight is 556 g/mol. The molecule has 1 fully saturated rings. The fourth-order valence-electron chi connectivity index (χ4n) is 5.92. The average Bonchev–Trinajstić information content (AvgIpc) is 3.13. The van der Waals surface area contributed by atoms with Crippen LogP contribution in [0.2, 0.25) is 10.0 Å². The van der Waals surface area contributed by atoms with Gasteiger partial charge in [-0.25, -0.2) is 4.90 Å². The molecule has 0 aliphatic carbocycles. The minimum Gasteiger partial charge on any atom is -0.529 e. The van der Waals surface area contributed by atoms with Gasteiger partial charge in [-0.1, -0.05) is 111 Å². The van der Waals surface area contributed by atoms with Crippen LogP contribution in [0.15, 0.2) is 78.9 Å². The van der Waals surface area contributed by atoms with Crippen LogP contribution in [0.4, 0.5) is 4.79 Å². The number of carboxylic acid groups (broad SMARTS) is 1. The van der Waals surface area contributed by atoms with Crippen LogP contribution >= 0.6 is 23.2 Å². The molecule has 3 aromatic carbocycles. The molecule has 4 rings (SSSR count). The van der Waals surface area contributed by atoms with Crippen LogP contribution in [0.25, 0.3) is 0 Å². The minimum absolute atomic E-state index is 0.189. The molecule has 200 valence electrons. The first-order chi connectivity index (χ1) is 18.0. The van der Waals surface area contributed by atoms with Crippen molar-refractivity contribution in [2.24, 2.45) is 5.41 Å². The van der Waals surface area contributed by atoms with Crippen molar-refractivity contribution in [3.05, 3.63) is 106 Å². The summed E-state index contributed by atoms with van der Waals surface area (Å²) >= 11 is 13.3. The van der Waals surface area contributed by atoms with Gasteiger partial charge in [0.1, 0.15) is 6.09 Å². The summed E-state index contributed by atoms with van der Waals surface area (Å²) in [5.74, 6) is -0.640. The lowest BCUT2D eigenvalue weighted by atomic mass is 9.83. The van der Waals surface area contributed by atoms with Crippen LogP contribution < -0.4 is 5.11 Å². The number of halogens is 2. The van der Waals surface area contributed by atoms with E-state index < -0.39 is 35.9 Å². The molecule has 0 bridgehead atoms. The Morgan fingerprint density at radius 3 is 1.97 bits per heavy atom. The van der Waals surface area contributed by atoms with Crippen LogP contribution in [0.5, 0.6) is 0 Å². The smallest absolute Gasteiger partial charge is 0.291 e. The summed E-state index contributed by atoms with van der Waals surface area (Å²) in [6, 6.07) is 23.1. The number of rotatable bonds is 7. The fourth-order valence-corrected chi connectivity index (χ4v) is 6.51. The van der Waals surface area contributed by atoms with Crippen molar-refractivity contribution < 1.29 is 24.3 Å². The molecule has 8 heteroatoms. The number of aliphatic hydroxyl groups is 1. The number of carbonyl (C=O) groups excluding carboxylic acids is 2. The zero-order valence-corrected chi connectivity index (χ0v) is 23.2. The van der Waals surface area contributed by atoms with E-state index >= 15 is 0 Å². The zero-order chi connectivity index (χ0) is 27.7. The van der Waals surface area contributed by atoms with Gasteiger partial charge in [0.25, 0.3) is 5.91 Å². The molecule has 0 spiro atoms. The molecule has 0 aromatic heterocycles. The topological polar surface area (TPSA) is 80.7 Å². The largest absolute Gasteiger partial charge is 0.529 e. The highest BCUT2D eigenvalue weighted by Gasteiger charge is 2.67. The van der Waals surface area contributed by atoms with Crippen LogP contribution in [0, 0.1) is 5.41 Å². The maximum absolute atomic E-state index is 14.1. The van der Waals surface area contributed by atoms with Crippen LogP contribution in [-0.2, 0) is 17.6 Å². The molecular formula is C30H32Cl2N2O4. The standard InChI is InChI=1S/C30H32Cl2N2O4/c1-30(2,3)26-28(36)33(29(37)38)27(25-22(31)15-10-16-23(25)32)34(26,18-17-20-11-6-4-7-12-20)24(35)19-21-13-8-5-9-14-21/h4-16,24,26-27,35H,17-19H2,1-3H3/t24-,26-,27-,34?/m1/s1. The lowest BCUT2D eigenvalue weighted by molar-refractivity contribution is -1.01. The maximum atomic E-state index is 14.1. The van der Waals surface area contributed by atoms with E-state index in [1.54, 1.807) is 18.2 Å². The Morgan fingerprint density at radius 1 is 0.947 bits per heavy atom. The molecule has 4 atom stereocenters.